The van der Waals surface area contributed by atoms with Crippen LogP contribution in [0.1, 0.15) is 22.7 Å². The number of benzene rings is 2. The Morgan fingerprint density at radius 1 is 1.11 bits per heavy atom. The first-order chi connectivity index (χ1) is 8.61. The maximum absolute atomic E-state index is 13.2. The molecule has 0 spiro atoms. The summed E-state index contributed by atoms with van der Waals surface area (Å²) in [7, 11) is 1.62. The molecular weight excluding hydrogens is 229 g/mol. The van der Waals surface area contributed by atoms with Crippen LogP contribution in [0.4, 0.5) is 4.39 Å². The molecule has 0 saturated heterocycles. The Morgan fingerprint density at radius 3 is 2.50 bits per heavy atom. The first kappa shape index (κ1) is 12.6. The fraction of sp³-hybridized carbons (Fsp3) is 0.200. The van der Waals surface area contributed by atoms with Gasteiger partial charge in [-0.2, -0.15) is 0 Å². The van der Waals surface area contributed by atoms with E-state index in [1.54, 1.807) is 13.2 Å². The molecule has 0 bridgehead atoms. The summed E-state index contributed by atoms with van der Waals surface area (Å²) in [6.07, 6.45) is 0. The van der Waals surface area contributed by atoms with E-state index in [0.29, 0.717) is 0 Å². The van der Waals surface area contributed by atoms with Crippen LogP contribution in [-0.2, 0) is 0 Å². The summed E-state index contributed by atoms with van der Waals surface area (Å²) in [5, 5.41) is 0. The molecule has 2 nitrogen and oxygen atoms in total. The lowest BCUT2D eigenvalue weighted by molar-refractivity contribution is 0.411. The van der Waals surface area contributed by atoms with Crippen molar-refractivity contribution in [1.29, 1.82) is 0 Å². The quantitative estimate of drug-likeness (QED) is 0.901. The Hall–Kier alpha value is -1.87. The molecule has 0 aliphatic rings. The summed E-state index contributed by atoms with van der Waals surface area (Å²) >= 11 is 0. The average molecular weight is 245 g/mol. The van der Waals surface area contributed by atoms with Crippen LogP contribution in [0, 0.1) is 12.7 Å². The minimum Gasteiger partial charge on any atom is -0.496 e. The van der Waals surface area contributed by atoms with Crippen molar-refractivity contribution in [3.05, 3.63) is 65.0 Å². The van der Waals surface area contributed by atoms with Gasteiger partial charge in [0, 0.05) is 0 Å². The van der Waals surface area contributed by atoms with Crippen molar-refractivity contribution in [2.75, 3.05) is 7.11 Å². The molecule has 2 aromatic carbocycles. The number of hydrogen-bond acceptors (Lipinski definition) is 2. The van der Waals surface area contributed by atoms with Crippen LogP contribution in [0.5, 0.6) is 5.75 Å². The van der Waals surface area contributed by atoms with Crippen LogP contribution in [0.2, 0.25) is 0 Å². The Labute approximate surface area is 106 Å². The van der Waals surface area contributed by atoms with Crippen molar-refractivity contribution < 1.29 is 9.13 Å². The zero-order chi connectivity index (χ0) is 13.1. The van der Waals surface area contributed by atoms with E-state index < -0.39 is 0 Å². The lowest BCUT2D eigenvalue weighted by Crippen LogP contribution is -2.12. The average Bonchev–Trinajstić information content (AvgIpc) is 2.38. The Kier molecular flexibility index (Phi) is 3.63. The lowest BCUT2D eigenvalue weighted by Gasteiger charge is -2.15. The van der Waals surface area contributed by atoms with Gasteiger partial charge in [-0.15, -0.1) is 0 Å². The van der Waals surface area contributed by atoms with Crippen molar-refractivity contribution in [3.8, 4) is 5.75 Å². The topological polar surface area (TPSA) is 35.2 Å². The van der Waals surface area contributed by atoms with E-state index >= 15 is 0 Å². The predicted molar refractivity (Wildman–Crippen MR) is 70.2 cm³/mol. The van der Waals surface area contributed by atoms with Crippen LogP contribution in [0.3, 0.4) is 0 Å². The van der Waals surface area contributed by atoms with E-state index in [0.717, 1.165) is 22.4 Å². The second-order valence-electron chi connectivity index (χ2n) is 4.26. The Balaban J connectivity index is 2.36. The van der Waals surface area contributed by atoms with Crippen molar-refractivity contribution in [2.45, 2.75) is 13.0 Å². The van der Waals surface area contributed by atoms with Crippen LogP contribution in [0.15, 0.2) is 42.5 Å². The highest BCUT2D eigenvalue weighted by atomic mass is 19.1. The van der Waals surface area contributed by atoms with Gasteiger partial charge >= 0.3 is 0 Å². The maximum Gasteiger partial charge on any atom is 0.123 e. The monoisotopic (exact) mass is 245 g/mol. The third-order valence-corrected chi connectivity index (χ3v) is 3.00. The largest absolute Gasteiger partial charge is 0.496 e. The number of rotatable bonds is 3. The molecular formula is C15H16FNO. The first-order valence-corrected chi connectivity index (χ1v) is 5.77. The van der Waals surface area contributed by atoms with Gasteiger partial charge in [0.1, 0.15) is 11.6 Å². The molecule has 0 aliphatic heterocycles. The standard InChI is InChI=1S/C15H16FNO/c1-10-6-7-12(9-14(10)18-2)15(17)11-4-3-5-13(16)8-11/h3-9,15H,17H2,1-2H3. The molecule has 0 heterocycles. The zero-order valence-electron chi connectivity index (χ0n) is 10.5. The molecule has 0 aliphatic carbocycles. The highest BCUT2D eigenvalue weighted by Gasteiger charge is 2.11. The molecule has 0 saturated carbocycles. The van der Waals surface area contributed by atoms with E-state index in [9.17, 15) is 4.39 Å². The van der Waals surface area contributed by atoms with Gasteiger partial charge in [-0.1, -0.05) is 24.3 Å². The summed E-state index contributed by atoms with van der Waals surface area (Å²) in [6.45, 7) is 1.97. The Bertz CT molecular complexity index is 554. The lowest BCUT2D eigenvalue weighted by atomic mass is 9.98. The summed E-state index contributed by atoms with van der Waals surface area (Å²) in [4.78, 5) is 0. The number of ether oxygens (including phenoxy) is 1. The minimum atomic E-state index is -0.352. The smallest absolute Gasteiger partial charge is 0.123 e. The molecule has 0 radical (unpaired) electrons. The Morgan fingerprint density at radius 2 is 1.83 bits per heavy atom. The highest BCUT2D eigenvalue weighted by molar-refractivity contribution is 5.41. The molecule has 94 valence electrons. The van der Waals surface area contributed by atoms with E-state index in [1.807, 2.05) is 31.2 Å². The summed E-state index contributed by atoms with van der Waals surface area (Å²) in [6, 6.07) is 11.8. The summed E-state index contributed by atoms with van der Waals surface area (Å²) in [5.74, 6) is 0.515. The zero-order valence-corrected chi connectivity index (χ0v) is 10.5. The van der Waals surface area contributed by atoms with Gasteiger partial charge in [-0.3, -0.25) is 0 Å². The van der Waals surface area contributed by atoms with Crippen LogP contribution >= 0.6 is 0 Å². The van der Waals surface area contributed by atoms with Gasteiger partial charge < -0.3 is 10.5 Å². The molecule has 2 aromatic rings. The van der Waals surface area contributed by atoms with Gasteiger partial charge in [-0.05, 0) is 41.8 Å². The van der Waals surface area contributed by atoms with Gasteiger partial charge in [0.25, 0.3) is 0 Å². The second-order valence-corrected chi connectivity index (χ2v) is 4.26. The highest BCUT2D eigenvalue weighted by Crippen LogP contribution is 2.26. The van der Waals surface area contributed by atoms with Crippen LogP contribution < -0.4 is 10.5 Å². The van der Waals surface area contributed by atoms with Gasteiger partial charge in [-0.25, -0.2) is 4.39 Å². The molecule has 0 amide bonds. The molecule has 2 rings (SSSR count). The van der Waals surface area contributed by atoms with E-state index in [2.05, 4.69) is 0 Å². The number of hydrogen-bond donors (Lipinski definition) is 1. The minimum absolute atomic E-state index is 0.276. The molecule has 18 heavy (non-hydrogen) atoms. The fourth-order valence-corrected chi connectivity index (χ4v) is 1.92. The van der Waals surface area contributed by atoms with Crippen molar-refractivity contribution in [1.82, 2.24) is 0 Å². The van der Waals surface area contributed by atoms with Gasteiger partial charge in [0.15, 0.2) is 0 Å². The van der Waals surface area contributed by atoms with Crippen molar-refractivity contribution in [3.63, 3.8) is 0 Å². The van der Waals surface area contributed by atoms with Crippen LogP contribution in [0.25, 0.3) is 0 Å². The number of aryl methyl sites for hydroxylation is 1. The van der Waals surface area contributed by atoms with E-state index in [4.69, 9.17) is 10.5 Å². The molecule has 1 unspecified atom stereocenters. The fourth-order valence-electron chi connectivity index (χ4n) is 1.92. The summed E-state index contributed by atoms with van der Waals surface area (Å²) < 4.78 is 18.4. The molecule has 0 fully saturated rings. The second kappa shape index (κ2) is 5.19. The first-order valence-electron chi connectivity index (χ1n) is 5.77. The van der Waals surface area contributed by atoms with Crippen molar-refractivity contribution in [2.24, 2.45) is 5.73 Å². The molecule has 2 N–H and O–H groups in total. The number of nitrogens with two attached hydrogens (primary N) is 1. The summed E-state index contributed by atoms with van der Waals surface area (Å²) in [5.41, 5.74) is 8.84. The third-order valence-electron chi connectivity index (χ3n) is 3.00. The normalized spacial score (nSPS) is 12.2. The SMILES string of the molecule is COc1cc(C(N)c2cccc(F)c2)ccc1C. The van der Waals surface area contributed by atoms with Crippen molar-refractivity contribution >= 4 is 0 Å². The molecule has 1 atom stereocenters. The number of halogens is 1. The van der Waals surface area contributed by atoms with Crippen LogP contribution in [-0.4, -0.2) is 7.11 Å². The third kappa shape index (κ3) is 2.51. The van der Waals surface area contributed by atoms with Gasteiger partial charge in [0.2, 0.25) is 0 Å². The number of methoxy groups -OCH3 is 1. The molecule has 3 heteroatoms. The molecule has 0 aromatic heterocycles. The van der Waals surface area contributed by atoms with E-state index in [1.165, 1.54) is 12.1 Å². The maximum atomic E-state index is 13.2. The van der Waals surface area contributed by atoms with E-state index in [-0.39, 0.29) is 11.9 Å². The predicted octanol–water partition coefficient (Wildman–Crippen LogP) is 3.19. The van der Waals surface area contributed by atoms with Gasteiger partial charge in [0.05, 0.1) is 13.2 Å².